The molecule has 1 heterocycles. The normalized spacial score (nSPS) is 15.2. The van der Waals surface area contributed by atoms with Gasteiger partial charge in [0.25, 0.3) is 5.56 Å². The first-order valence-electron chi connectivity index (χ1n) is 11.0. The number of carbonyl (C=O) groups is 1. The van der Waals surface area contributed by atoms with Crippen molar-refractivity contribution in [3.63, 3.8) is 0 Å². The first kappa shape index (κ1) is 22.3. The van der Waals surface area contributed by atoms with Crippen molar-refractivity contribution >= 4 is 28.6 Å². The van der Waals surface area contributed by atoms with E-state index in [9.17, 15) is 18.4 Å². The van der Waals surface area contributed by atoms with Gasteiger partial charge in [0.2, 0.25) is 5.91 Å². The lowest BCUT2D eigenvalue weighted by Crippen LogP contribution is -2.32. The van der Waals surface area contributed by atoms with Crippen LogP contribution in [0.3, 0.4) is 0 Å². The van der Waals surface area contributed by atoms with E-state index in [4.69, 9.17) is 0 Å². The fourth-order valence-electron chi connectivity index (χ4n) is 4.33. The van der Waals surface area contributed by atoms with E-state index in [2.05, 4.69) is 16.4 Å². The molecular formula is C26H21F2N3O2S. The van der Waals surface area contributed by atoms with Crippen LogP contribution in [0.5, 0.6) is 0 Å². The zero-order chi connectivity index (χ0) is 23.7. The Morgan fingerprint density at radius 2 is 1.85 bits per heavy atom. The molecule has 1 atom stereocenters. The number of thioether (sulfide) groups is 1. The minimum Gasteiger partial charge on any atom is -0.349 e. The molecule has 5 rings (SSSR count). The third kappa shape index (κ3) is 4.33. The van der Waals surface area contributed by atoms with E-state index >= 15 is 0 Å². The number of para-hydroxylation sites is 1. The Kier molecular flexibility index (Phi) is 6.15. The zero-order valence-electron chi connectivity index (χ0n) is 18.1. The summed E-state index contributed by atoms with van der Waals surface area (Å²) < 4.78 is 28.7. The second-order valence-corrected chi connectivity index (χ2v) is 9.09. The summed E-state index contributed by atoms with van der Waals surface area (Å²) in [4.78, 5) is 30.6. The first-order chi connectivity index (χ1) is 16.5. The Balaban J connectivity index is 1.44. The number of hydrogen-bond acceptors (Lipinski definition) is 4. The number of nitrogens with zero attached hydrogens (tertiary/aromatic N) is 2. The van der Waals surface area contributed by atoms with Gasteiger partial charge in [-0.25, -0.2) is 13.8 Å². The van der Waals surface area contributed by atoms with E-state index in [1.54, 1.807) is 24.3 Å². The highest BCUT2D eigenvalue weighted by Gasteiger charge is 2.22. The summed E-state index contributed by atoms with van der Waals surface area (Å²) in [6, 6.07) is 18.1. The minimum atomic E-state index is -1.07. The van der Waals surface area contributed by atoms with Crippen LogP contribution < -0.4 is 10.9 Å². The van der Waals surface area contributed by atoms with Gasteiger partial charge in [-0.05, 0) is 54.7 Å². The Labute approximate surface area is 198 Å². The van der Waals surface area contributed by atoms with Crippen LogP contribution in [0.4, 0.5) is 8.78 Å². The van der Waals surface area contributed by atoms with Gasteiger partial charge in [-0.15, -0.1) is 0 Å². The second kappa shape index (κ2) is 9.38. The quantitative estimate of drug-likeness (QED) is 0.326. The molecule has 1 N–H and O–H groups in total. The van der Waals surface area contributed by atoms with Crippen molar-refractivity contribution in [2.75, 3.05) is 5.75 Å². The van der Waals surface area contributed by atoms with Gasteiger partial charge in [0.1, 0.15) is 0 Å². The van der Waals surface area contributed by atoms with Crippen LogP contribution in [-0.4, -0.2) is 21.2 Å². The van der Waals surface area contributed by atoms with Crippen molar-refractivity contribution < 1.29 is 13.6 Å². The number of halogens is 2. The van der Waals surface area contributed by atoms with Crippen molar-refractivity contribution in [3.8, 4) is 5.69 Å². The standard InChI is InChI=1S/C26H21F2N3O2S/c27-20-13-12-17(14-21(20)28)31-25(33)19-9-3-4-10-23(19)30-26(31)34-15-24(32)29-22-11-5-7-16-6-1-2-8-18(16)22/h1-4,6,8-10,12-14,22H,5,7,11,15H2,(H,29,32). The summed E-state index contributed by atoms with van der Waals surface area (Å²) in [5.74, 6) is -2.24. The average molecular weight is 478 g/mol. The molecule has 0 bridgehead atoms. The van der Waals surface area contributed by atoms with Crippen LogP contribution in [-0.2, 0) is 11.2 Å². The van der Waals surface area contributed by atoms with Gasteiger partial charge in [0.15, 0.2) is 16.8 Å². The van der Waals surface area contributed by atoms with E-state index in [0.717, 1.165) is 48.7 Å². The Bertz CT molecular complexity index is 1450. The van der Waals surface area contributed by atoms with Crippen molar-refractivity contribution in [1.29, 1.82) is 0 Å². The van der Waals surface area contributed by atoms with Gasteiger partial charge in [0, 0.05) is 6.07 Å². The topological polar surface area (TPSA) is 64.0 Å². The maximum absolute atomic E-state index is 14.0. The van der Waals surface area contributed by atoms with Crippen molar-refractivity contribution in [3.05, 3.63) is 99.8 Å². The predicted octanol–water partition coefficient (Wildman–Crippen LogP) is 4.95. The van der Waals surface area contributed by atoms with Crippen molar-refractivity contribution in [2.24, 2.45) is 0 Å². The molecule has 0 fully saturated rings. The molecular weight excluding hydrogens is 456 g/mol. The lowest BCUT2D eigenvalue weighted by Gasteiger charge is -2.26. The third-order valence-electron chi connectivity index (χ3n) is 5.94. The van der Waals surface area contributed by atoms with Crippen LogP contribution >= 0.6 is 11.8 Å². The highest BCUT2D eigenvalue weighted by molar-refractivity contribution is 7.99. The van der Waals surface area contributed by atoms with E-state index in [1.807, 2.05) is 18.2 Å². The lowest BCUT2D eigenvalue weighted by atomic mass is 9.88. The lowest BCUT2D eigenvalue weighted by molar-refractivity contribution is -0.119. The van der Waals surface area contributed by atoms with E-state index in [0.29, 0.717) is 10.9 Å². The van der Waals surface area contributed by atoms with E-state index in [-0.39, 0.29) is 28.5 Å². The van der Waals surface area contributed by atoms with Crippen LogP contribution in [0.1, 0.15) is 30.0 Å². The molecule has 5 nitrogen and oxygen atoms in total. The largest absolute Gasteiger partial charge is 0.349 e. The average Bonchev–Trinajstić information content (AvgIpc) is 2.85. The van der Waals surface area contributed by atoms with Crippen LogP contribution in [0.25, 0.3) is 16.6 Å². The summed E-state index contributed by atoms with van der Waals surface area (Å²) in [5.41, 5.74) is 2.58. The van der Waals surface area contributed by atoms with Gasteiger partial charge in [-0.3, -0.25) is 14.2 Å². The molecule has 4 aromatic rings. The molecule has 1 aliphatic carbocycles. The Hall–Kier alpha value is -3.52. The summed E-state index contributed by atoms with van der Waals surface area (Å²) in [6.45, 7) is 0. The van der Waals surface area contributed by atoms with Crippen LogP contribution in [0.15, 0.2) is 76.7 Å². The fraction of sp³-hybridized carbons (Fsp3) is 0.192. The smallest absolute Gasteiger partial charge is 0.266 e. The second-order valence-electron chi connectivity index (χ2n) is 8.15. The van der Waals surface area contributed by atoms with Gasteiger partial charge in [-0.1, -0.05) is 48.2 Å². The molecule has 172 valence electrons. The molecule has 34 heavy (non-hydrogen) atoms. The highest BCUT2D eigenvalue weighted by Crippen LogP contribution is 2.30. The van der Waals surface area contributed by atoms with E-state index in [1.165, 1.54) is 16.2 Å². The van der Waals surface area contributed by atoms with Crippen molar-refractivity contribution in [2.45, 2.75) is 30.5 Å². The summed E-state index contributed by atoms with van der Waals surface area (Å²) in [5, 5.41) is 3.67. The number of hydrogen-bond donors (Lipinski definition) is 1. The summed E-state index contributed by atoms with van der Waals surface area (Å²) in [6.07, 6.45) is 2.86. The van der Waals surface area contributed by atoms with Crippen LogP contribution in [0.2, 0.25) is 0 Å². The Morgan fingerprint density at radius 1 is 1.06 bits per heavy atom. The molecule has 0 radical (unpaired) electrons. The van der Waals surface area contributed by atoms with Crippen molar-refractivity contribution in [1.82, 2.24) is 14.9 Å². The molecule has 0 aliphatic heterocycles. The maximum Gasteiger partial charge on any atom is 0.266 e. The number of rotatable bonds is 5. The van der Waals surface area contributed by atoms with Gasteiger partial charge in [-0.2, -0.15) is 0 Å². The zero-order valence-corrected chi connectivity index (χ0v) is 18.9. The molecule has 1 unspecified atom stereocenters. The van der Waals surface area contributed by atoms with E-state index < -0.39 is 17.2 Å². The number of carbonyl (C=O) groups excluding carboxylic acids is 1. The monoisotopic (exact) mass is 477 g/mol. The maximum atomic E-state index is 14.0. The van der Waals surface area contributed by atoms with Gasteiger partial charge >= 0.3 is 0 Å². The van der Waals surface area contributed by atoms with Gasteiger partial charge < -0.3 is 5.32 Å². The molecule has 3 aromatic carbocycles. The number of fused-ring (bicyclic) bond motifs is 2. The predicted molar refractivity (Wildman–Crippen MR) is 128 cm³/mol. The summed E-state index contributed by atoms with van der Waals surface area (Å²) >= 11 is 1.08. The minimum absolute atomic E-state index is 0.0210. The fourth-order valence-corrected chi connectivity index (χ4v) is 5.15. The third-order valence-corrected chi connectivity index (χ3v) is 6.88. The number of benzene rings is 3. The number of aryl methyl sites for hydroxylation is 1. The first-order valence-corrected chi connectivity index (χ1v) is 12.0. The molecule has 0 saturated heterocycles. The summed E-state index contributed by atoms with van der Waals surface area (Å²) in [7, 11) is 0. The molecule has 1 aromatic heterocycles. The Morgan fingerprint density at radius 3 is 2.71 bits per heavy atom. The van der Waals surface area contributed by atoms with Gasteiger partial charge in [0.05, 0.1) is 28.4 Å². The number of amides is 1. The molecule has 8 heteroatoms. The number of nitrogens with one attached hydrogen (secondary N) is 1. The number of aromatic nitrogens is 2. The molecule has 1 aliphatic rings. The SMILES string of the molecule is O=C(CSc1nc2ccccc2c(=O)n1-c1ccc(F)c(F)c1)NC1CCCc2ccccc21. The molecule has 0 saturated carbocycles. The molecule has 1 amide bonds. The van der Waals surface area contributed by atoms with Crippen LogP contribution in [0, 0.1) is 11.6 Å². The highest BCUT2D eigenvalue weighted by atomic mass is 32.2. The molecule has 0 spiro atoms.